The maximum atomic E-state index is 12.6. The molecule has 3 aromatic rings. The van der Waals surface area contributed by atoms with E-state index in [1.165, 1.54) is 25.4 Å². The van der Waals surface area contributed by atoms with Crippen LogP contribution in [0, 0.1) is 0 Å². The molecule has 0 saturated carbocycles. The average Bonchev–Trinajstić information content (AvgIpc) is 3.02. The van der Waals surface area contributed by atoms with E-state index in [4.69, 9.17) is 4.74 Å². The molecular weight excluding hydrogens is 418 g/mol. The Balaban J connectivity index is 1.43. The summed E-state index contributed by atoms with van der Waals surface area (Å²) in [5.74, 6) is -0.240. The van der Waals surface area contributed by atoms with Gasteiger partial charge in [-0.1, -0.05) is 18.2 Å². The minimum absolute atomic E-state index is 0.101. The molecule has 4 rings (SSSR count). The number of hydrogen-bond donors (Lipinski definition) is 1. The molecule has 158 valence electrons. The van der Waals surface area contributed by atoms with Crippen molar-refractivity contribution in [2.45, 2.75) is 11.3 Å². The minimum atomic E-state index is -3.77. The molecule has 2 aromatic carbocycles. The van der Waals surface area contributed by atoms with Crippen molar-refractivity contribution in [1.82, 2.24) is 9.88 Å². The molecule has 1 aromatic heterocycles. The summed E-state index contributed by atoms with van der Waals surface area (Å²) in [6, 6.07) is 16.1. The van der Waals surface area contributed by atoms with E-state index < -0.39 is 15.9 Å². The number of nitrogens with one attached hydrogen (secondary N) is 1. The molecule has 2 amide bonds. The molecule has 1 aliphatic heterocycles. The van der Waals surface area contributed by atoms with Gasteiger partial charge in [0.05, 0.1) is 23.3 Å². The van der Waals surface area contributed by atoms with Crippen LogP contribution >= 0.6 is 0 Å². The largest absolute Gasteiger partial charge is 0.497 e. The van der Waals surface area contributed by atoms with Crippen molar-refractivity contribution in [3.05, 3.63) is 83.7 Å². The average molecular weight is 437 g/mol. The number of anilines is 1. The number of hydrogen-bond acceptors (Lipinski definition) is 6. The topological polar surface area (TPSA) is 106 Å². The molecule has 0 atom stereocenters. The summed E-state index contributed by atoms with van der Waals surface area (Å²) in [5, 5.41) is 0. The van der Waals surface area contributed by atoms with Gasteiger partial charge in [-0.15, -0.1) is 0 Å². The first-order valence-corrected chi connectivity index (χ1v) is 10.9. The van der Waals surface area contributed by atoms with E-state index in [-0.39, 0.29) is 23.0 Å². The fraction of sp³-hybridized carbons (Fsp3) is 0.136. The minimum Gasteiger partial charge on any atom is -0.497 e. The van der Waals surface area contributed by atoms with E-state index in [1.54, 1.807) is 48.5 Å². The summed E-state index contributed by atoms with van der Waals surface area (Å²) in [6.45, 7) is 0.183. The number of nitrogens with zero attached hydrogens (tertiary/aromatic N) is 2. The molecule has 0 fully saturated rings. The number of amides is 2. The summed E-state index contributed by atoms with van der Waals surface area (Å²) in [4.78, 5) is 30.0. The molecule has 1 aliphatic rings. The third-order valence-corrected chi connectivity index (χ3v) is 6.31. The highest BCUT2D eigenvalue weighted by molar-refractivity contribution is 7.92. The van der Waals surface area contributed by atoms with Crippen LogP contribution in [0.5, 0.6) is 5.75 Å². The molecule has 31 heavy (non-hydrogen) atoms. The van der Waals surface area contributed by atoms with Gasteiger partial charge in [-0.3, -0.25) is 24.2 Å². The second-order valence-electron chi connectivity index (χ2n) is 6.89. The Hall–Kier alpha value is -3.72. The van der Waals surface area contributed by atoms with E-state index >= 15 is 0 Å². The quantitative estimate of drug-likeness (QED) is 0.570. The van der Waals surface area contributed by atoms with Crippen LogP contribution in [0.25, 0.3) is 0 Å². The summed E-state index contributed by atoms with van der Waals surface area (Å²) < 4.78 is 32.9. The van der Waals surface area contributed by atoms with E-state index in [0.29, 0.717) is 23.4 Å². The predicted molar refractivity (Wildman–Crippen MR) is 114 cm³/mol. The molecular formula is C22H19N3O5S. The molecule has 0 bridgehead atoms. The van der Waals surface area contributed by atoms with Gasteiger partial charge in [0.2, 0.25) is 0 Å². The molecule has 0 aliphatic carbocycles. The van der Waals surface area contributed by atoms with Crippen molar-refractivity contribution in [3.63, 3.8) is 0 Å². The lowest BCUT2D eigenvalue weighted by atomic mass is 10.1. The monoisotopic (exact) mass is 437 g/mol. The van der Waals surface area contributed by atoms with Gasteiger partial charge in [0.1, 0.15) is 11.4 Å². The van der Waals surface area contributed by atoms with Crippen molar-refractivity contribution in [3.8, 4) is 5.75 Å². The van der Waals surface area contributed by atoms with Crippen molar-refractivity contribution in [2.24, 2.45) is 0 Å². The molecule has 0 unspecified atom stereocenters. The second-order valence-corrected chi connectivity index (χ2v) is 8.58. The Labute approximate surface area is 179 Å². The highest BCUT2D eigenvalue weighted by atomic mass is 32.2. The van der Waals surface area contributed by atoms with Crippen molar-refractivity contribution < 1.29 is 22.7 Å². The third-order valence-electron chi connectivity index (χ3n) is 4.91. The Bertz CT molecular complexity index is 1220. The van der Waals surface area contributed by atoms with Crippen LogP contribution in [-0.4, -0.2) is 43.8 Å². The Morgan fingerprint density at radius 1 is 1.00 bits per heavy atom. The van der Waals surface area contributed by atoms with Crippen molar-refractivity contribution in [2.75, 3.05) is 18.4 Å². The first-order chi connectivity index (χ1) is 14.9. The van der Waals surface area contributed by atoms with Gasteiger partial charge in [-0.05, 0) is 48.4 Å². The van der Waals surface area contributed by atoms with E-state index in [0.717, 1.165) is 10.5 Å². The second kappa shape index (κ2) is 8.19. The van der Waals surface area contributed by atoms with Crippen molar-refractivity contribution in [1.29, 1.82) is 0 Å². The number of benzene rings is 2. The maximum absolute atomic E-state index is 12.6. The normalized spacial score (nSPS) is 13.3. The number of carbonyl (C=O) groups is 2. The number of methoxy groups -OCH3 is 1. The zero-order valence-corrected chi connectivity index (χ0v) is 17.4. The van der Waals surface area contributed by atoms with Gasteiger partial charge in [0.15, 0.2) is 0 Å². The highest BCUT2D eigenvalue weighted by Crippen LogP contribution is 2.22. The molecule has 8 nitrogen and oxygen atoms in total. The summed E-state index contributed by atoms with van der Waals surface area (Å²) >= 11 is 0. The number of sulfonamides is 1. The smallest absolute Gasteiger partial charge is 0.280 e. The van der Waals surface area contributed by atoms with Gasteiger partial charge >= 0.3 is 0 Å². The molecule has 0 saturated heterocycles. The SMILES string of the molecule is COc1cccc(NS(=O)(=O)c2ccc(CCN3C(=O)c4cccnc4C3=O)cc2)c1. The number of imide groups is 1. The zero-order valence-electron chi connectivity index (χ0n) is 16.6. The van der Waals surface area contributed by atoms with Gasteiger partial charge < -0.3 is 4.74 Å². The van der Waals surface area contributed by atoms with Crippen LogP contribution in [0.4, 0.5) is 5.69 Å². The van der Waals surface area contributed by atoms with Crippen LogP contribution in [0.15, 0.2) is 71.8 Å². The van der Waals surface area contributed by atoms with Crippen LogP contribution in [0.3, 0.4) is 0 Å². The van der Waals surface area contributed by atoms with Crippen LogP contribution in [-0.2, 0) is 16.4 Å². The van der Waals surface area contributed by atoms with Crippen LogP contribution < -0.4 is 9.46 Å². The van der Waals surface area contributed by atoms with Gasteiger partial charge in [-0.2, -0.15) is 0 Å². The Morgan fingerprint density at radius 3 is 2.48 bits per heavy atom. The maximum Gasteiger partial charge on any atom is 0.280 e. The number of rotatable bonds is 7. The van der Waals surface area contributed by atoms with Gasteiger partial charge in [0, 0.05) is 18.8 Å². The molecule has 0 radical (unpaired) electrons. The molecule has 2 heterocycles. The number of carbonyl (C=O) groups excluding carboxylic acids is 2. The fourth-order valence-electron chi connectivity index (χ4n) is 3.29. The Morgan fingerprint density at radius 2 is 1.77 bits per heavy atom. The lowest BCUT2D eigenvalue weighted by Gasteiger charge is -2.14. The zero-order chi connectivity index (χ0) is 22.0. The first kappa shape index (κ1) is 20.5. The van der Waals surface area contributed by atoms with E-state index in [9.17, 15) is 18.0 Å². The molecule has 1 N–H and O–H groups in total. The van der Waals surface area contributed by atoms with Crippen LogP contribution in [0.2, 0.25) is 0 Å². The predicted octanol–water partition coefficient (Wildman–Crippen LogP) is 2.73. The fourth-order valence-corrected chi connectivity index (χ4v) is 4.34. The van der Waals surface area contributed by atoms with E-state index in [2.05, 4.69) is 9.71 Å². The van der Waals surface area contributed by atoms with Gasteiger partial charge in [0.25, 0.3) is 21.8 Å². The number of aromatic nitrogens is 1. The number of pyridine rings is 1. The van der Waals surface area contributed by atoms with Crippen LogP contribution in [0.1, 0.15) is 26.4 Å². The number of fused-ring (bicyclic) bond motifs is 1. The molecule has 0 spiro atoms. The Kier molecular flexibility index (Phi) is 5.43. The molecule has 9 heteroatoms. The van der Waals surface area contributed by atoms with E-state index in [1.807, 2.05) is 0 Å². The van der Waals surface area contributed by atoms with Crippen molar-refractivity contribution >= 4 is 27.5 Å². The summed E-state index contributed by atoms with van der Waals surface area (Å²) in [7, 11) is -2.27. The third kappa shape index (κ3) is 4.13. The standard InChI is InChI=1S/C22H19N3O5S/c1-30-17-5-2-4-16(14-17)24-31(28,29)18-9-7-15(8-10-18)11-13-25-21(26)19-6-3-12-23-20(19)22(25)27/h2-10,12,14,24H,11,13H2,1H3. The highest BCUT2D eigenvalue weighted by Gasteiger charge is 2.36. The summed E-state index contributed by atoms with van der Waals surface area (Å²) in [5.41, 5.74) is 1.66. The summed E-state index contributed by atoms with van der Waals surface area (Å²) in [6.07, 6.45) is 1.88. The van der Waals surface area contributed by atoms with Gasteiger partial charge in [-0.25, -0.2) is 8.42 Å². The first-order valence-electron chi connectivity index (χ1n) is 9.46. The number of ether oxygens (including phenoxy) is 1. The lowest BCUT2D eigenvalue weighted by molar-refractivity contribution is 0.0654. The lowest BCUT2D eigenvalue weighted by Crippen LogP contribution is -2.31.